The zero-order valence-corrected chi connectivity index (χ0v) is 13.3. The summed E-state index contributed by atoms with van der Waals surface area (Å²) < 4.78 is 27.9. The van der Waals surface area contributed by atoms with E-state index in [9.17, 15) is 18.7 Å². The smallest absolute Gasteiger partial charge is 0.344 e. The Morgan fingerprint density at radius 3 is 2.54 bits per heavy atom. The summed E-state index contributed by atoms with van der Waals surface area (Å²) >= 11 is 12.2. The van der Waals surface area contributed by atoms with Crippen LogP contribution >= 0.6 is 23.2 Å². The maximum atomic E-state index is 14.2. The van der Waals surface area contributed by atoms with Gasteiger partial charge in [0.05, 0.1) is 20.8 Å². The van der Waals surface area contributed by atoms with Gasteiger partial charge in [-0.25, -0.2) is 14.2 Å². The number of nitrogens with two attached hydrogens (primary N) is 1. The van der Waals surface area contributed by atoms with Crippen molar-refractivity contribution in [2.24, 2.45) is 5.73 Å². The Morgan fingerprint density at radius 1 is 1.21 bits per heavy atom. The molecule has 24 heavy (non-hydrogen) atoms. The van der Waals surface area contributed by atoms with Crippen LogP contribution in [0.4, 0.5) is 8.78 Å². The monoisotopic (exact) mass is 369 g/mol. The molecule has 2 aromatic carbocycles. The lowest BCUT2D eigenvalue weighted by Gasteiger charge is -2.08. The van der Waals surface area contributed by atoms with Gasteiger partial charge in [-0.3, -0.25) is 0 Å². The second-order valence-corrected chi connectivity index (χ2v) is 5.76. The van der Waals surface area contributed by atoms with Crippen molar-refractivity contribution >= 4 is 56.4 Å². The summed E-state index contributed by atoms with van der Waals surface area (Å²) in [6.07, 6.45) is 0.878. The normalized spacial score (nSPS) is 12.1. The number of aliphatic carboxylic acids is 1. The molecule has 0 unspecified atom stereocenters. The van der Waals surface area contributed by atoms with Crippen molar-refractivity contribution in [3.8, 4) is 0 Å². The first kappa shape index (κ1) is 16.4. The van der Waals surface area contributed by atoms with Gasteiger partial charge in [0.2, 0.25) is 11.2 Å². The van der Waals surface area contributed by atoms with Crippen LogP contribution in [0.2, 0.25) is 10.0 Å². The predicted molar refractivity (Wildman–Crippen MR) is 87.7 cm³/mol. The van der Waals surface area contributed by atoms with Gasteiger partial charge in [0.25, 0.3) is 0 Å². The second-order valence-electron chi connectivity index (χ2n) is 4.98. The van der Waals surface area contributed by atoms with Crippen molar-refractivity contribution in [2.75, 3.05) is 0 Å². The van der Waals surface area contributed by atoms with Gasteiger partial charge >= 0.3 is 5.97 Å². The van der Waals surface area contributed by atoms with Crippen LogP contribution in [0.25, 0.3) is 27.2 Å². The molecule has 0 amide bonds. The largest absolute Gasteiger partial charge is 0.477 e. The molecule has 0 aliphatic carbocycles. The van der Waals surface area contributed by atoms with Gasteiger partial charge in [-0.15, -0.1) is 0 Å². The molecule has 0 atom stereocenters. The molecule has 0 spiro atoms. The minimum absolute atomic E-state index is 0.0385. The SMILES string of the molecule is NC=C(C(=O)O)c1[nH+]c2c(F)cc(F)cc2c2c(Cl)c(Cl)ccc12. The maximum absolute atomic E-state index is 14.2. The van der Waals surface area contributed by atoms with Crippen molar-refractivity contribution in [3.05, 3.63) is 57.8 Å². The van der Waals surface area contributed by atoms with Crippen LogP contribution in [-0.4, -0.2) is 11.1 Å². The van der Waals surface area contributed by atoms with Crippen molar-refractivity contribution < 1.29 is 23.7 Å². The van der Waals surface area contributed by atoms with Crippen molar-refractivity contribution in [1.29, 1.82) is 0 Å². The van der Waals surface area contributed by atoms with Crippen LogP contribution in [-0.2, 0) is 4.79 Å². The van der Waals surface area contributed by atoms with Crippen molar-refractivity contribution in [2.45, 2.75) is 0 Å². The molecule has 4 nitrogen and oxygen atoms in total. The number of aromatic amines is 1. The Balaban J connectivity index is 2.64. The zero-order chi connectivity index (χ0) is 17.6. The fourth-order valence-electron chi connectivity index (χ4n) is 2.59. The van der Waals surface area contributed by atoms with Gasteiger partial charge in [0.1, 0.15) is 11.4 Å². The summed E-state index contributed by atoms with van der Waals surface area (Å²) in [4.78, 5) is 14.1. The van der Waals surface area contributed by atoms with Gasteiger partial charge in [0.15, 0.2) is 5.82 Å². The maximum Gasteiger partial charge on any atom is 0.344 e. The third-order valence-electron chi connectivity index (χ3n) is 3.60. The average Bonchev–Trinajstić information content (AvgIpc) is 2.51. The highest BCUT2D eigenvalue weighted by molar-refractivity contribution is 6.46. The summed E-state index contributed by atoms with van der Waals surface area (Å²) in [5.74, 6) is -3.01. The van der Waals surface area contributed by atoms with Gasteiger partial charge in [-0.05, 0) is 18.2 Å². The van der Waals surface area contributed by atoms with Crippen LogP contribution in [0.3, 0.4) is 0 Å². The van der Waals surface area contributed by atoms with Crippen LogP contribution in [0.15, 0.2) is 30.5 Å². The third kappa shape index (κ3) is 2.44. The standard InChI is InChI=1S/C16H8Cl2F2N2O2/c17-10-2-1-7-12(13(10)18)8-3-6(19)4-11(20)15(8)22-14(7)9(5-21)16(23)24/h1-5H,21H2,(H,23,24)/p+1. The molecule has 4 N–H and O–H groups in total. The summed E-state index contributed by atoms with van der Waals surface area (Å²) in [7, 11) is 0. The molecule has 0 bridgehead atoms. The molecule has 1 heterocycles. The lowest BCUT2D eigenvalue weighted by atomic mass is 10.00. The van der Waals surface area contributed by atoms with E-state index in [1.807, 2.05) is 0 Å². The minimum atomic E-state index is -1.32. The van der Waals surface area contributed by atoms with E-state index in [1.165, 1.54) is 12.1 Å². The number of nitrogens with one attached hydrogen (secondary N) is 1. The van der Waals surface area contributed by atoms with E-state index in [2.05, 4.69) is 4.98 Å². The molecule has 3 aromatic rings. The lowest BCUT2D eigenvalue weighted by Crippen LogP contribution is -2.18. The Morgan fingerprint density at radius 2 is 1.92 bits per heavy atom. The average molecular weight is 370 g/mol. The zero-order valence-electron chi connectivity index (χ0n) is 11.8. The second kappa shape index (κ2) is 5.89. The molecule has 0 fully saturated rings. The first-order chi connectivity index (χ1) is 11.3. The number of aromatic nitrogens is 1. The van der Waals surface area contributed by atoms with Crippen LogP contribution < -0.4 is 10.7 Å². The fraction of sp³-hybridized carbons (Fsp3) is 0. The van der Waals surface area contributed by atoms with Crippen LogP contribution in [0.1, 0.15) is 5.69 Å². The van der Waals surface area contributed by atoms with E-state index >= 15 is 0 Å². The van der Waals surface area contributed by atoms with E-state index in [0.717, 1.165) is 12.3 Å². The van der Waals surface area contributed by atoms with E-state index in [4.69, 9.17) is 28.9 Å². The Hall–Kier alpha value is -2.44. The number of pyridine rings is 1. The molecule has 0 saturated carbocycles. The minimum Gasteiger partial charge on any atom is -0.477 e. The quantitative estimate of drug-likeness (QED) is 0.533. The first-order valence-corrected chi connectivity index (χ1v) is 7.38. The number of carboxylic acids is 1. The molecule has 0 aliphatic heterocycles. The fourth-order valence-corrected chi connectivity index (χ4v) is 3.01. The molecule has 0 saturated heterocycles. The van der Waals surface area contributed by atoms with Crippen molar-refractivity contribution in [3.63, 3.8) is 0 Å². The summed E-state index contributed by atoms with van der Waals surface area (Å²) in [5.41, 5.74) is 5.04. The first-order valence-electron chi connectivity index (χ1n) is 6.62. The topological polar surface area (TPSA) is 77.5 Å². The van der Waals surface area contributed by atoms with E-state index in [-0.39, 0.29) is 37.6 Å². The number of halogens is 4. The van der Waals surface area contributed by atoms with Gasteiger partial charge in [-0.2, -0.15) is 4.39 Å². The number of carboxylic acid groups (broad SMARTS) is 1. The molecule has 122 valence electrons. The van der Waals surface area contributed by atoms with E-state index in [0.29, 0.717) is 11.5 Å². The Labute approximate surface area is 144 Å². The number of H-pyrrole nitrogens is 1. The number of benzene rings is 2. The van der Waals surface area contributed by atoms with Crippen LogP contribution in [0, 0.1) is 11.6 Å². The number of hydrogen-bond donors (Lipinski definition) is 2. The molecular weight excluding hydrogens is 361 g/mol. The van der Waals surface area contributed by atoms with Gasteiger partial charge < -0.3 is 10.8 Å². The van der Waals surface area contributed by atoms with E-state index in [1.54, 1.807) is 0 Å². The number of carbonyl (C=O) groups is 1. The Bertz CT molecular complexity index is 1050. The molecule has 3 rings (SSSR count). The predicted octanol–water partition coefficient (Wildman–Crippen LogP) is 3.78. The lowest BCUT2D eigenvalue weighted by molar-refractivity contribution is -0.348. The summed E-state index contributed by atoms with van der Waals surface area (Å²) in [6, 6.07) is 4.74. The number of hydrogen-bond acceptors (Lipinski definition) is 2. The third-order valence-corrected chi connectivity index (χ3v) is 4.41. The number of fused-ring (bicyclic) bond motifs is 3. The summed E-state index contributed by atoms with van der Waals surface area (Å²) in [6.45, 7) is 0. The van der Waals surface area contributed by atoms with E-state index < -0.39 is 17.6 Å². The highest BCUT2D eigenvalue weighted by Gasteiger charge is 2.26. The highest BCUT2D eigenvalue weighted by atomic mass is 35.5. The molecule has 8 heteroatoms. The Kier molecular flexibility index (Phi) is 4.03. The highest BCUT2D eigenvalue weighted by Crippen LogP contribution is 2.37. The van der Waals surface area contributed by atoms with Crippen molar-refractivity contribution in [1.82, 2.24) is 0 Å². The van der Waals surface area contributed by atoms with Gasteiger partial charge in [-0.1, -0.05) is 23.2 Å². The summed E-state index contributed by atoms with van der Waals surface area (Å²) in [5, 5.41) is 10.2. The number of rotatable bonds is 2. The molecule has 1 aromatic heterocycles. The van der Waals surface area contributed by atoms with Crippen LogP contribution in [0.5, 0.6) is 0 Å². The molecular formula is C16H9Cl2F2N2O2+. The molecule has 0 aliphatic rings. The van der Waals surface area contributed by atoms with Gasteiger partial charge in [0, 0.05) is 17.7 Å². The molecule has 0 radical (unpaired) electrons.